The summed E-state index contributed by atoms with van der Waals surface area (Å²) in [5.74, 6) is 0.115. The molecule has 0 saturated heterocycles. The van der Waals surface area contributed by atoms with Gasteiger partial charge >= 0.3 is 0 Å². The normalized spacial score (nSPS) is 12.6. The molecule has 84 valence electrons. The molecule has 0 aliphatic rings. The number of rotatable bonds is 5. The number of aromatic nitrogens is 2. The zero-order chi connectivity index (χ0) is 11.8. The Bertz CT molecular complexity index is 399. The van der Waals surface area contributed by atoms with Gasteiger partial charge in [-0.3, -0.25) is 0 Å². The van der Waals surface area contributed by atoms with Gasteiger partial charge in [-0.15, -0.1) is 11.6 Å². The molecule has 0 atom stereocenters. The van der Waals surface area contributed by atoms with E-state index < -0.39 is 0 Å². The fourth-order valence-electron chi connectivity index (χ4n) is 1.15. The molecule has 1 aromatic rings. The van der Waals surface area contributed by atoms with Gasteiger partial charge < -0.3 is 0 Å². The Morgan fingerprint density at radius 3 is 2.69 bits per heavy atom. The second kappa shape index (κ2) is 6.90. The van der Waals surface area contributed by atoms with Crippen LogP contribution in [-0.4, -0.2) is 15.8 Å². The molecule has 0 bridgehead atoms. The van der Waals surface area contributed by atoms with Crippen molar-refractivity contribution in [3.05, 3.63) is 60.5 Å². The van der Waals surface area contributed by atoms with Crippen molar-refractivity contribution in [1.29, 1.82) is 0 Å². The molecule has 0 fully saturated rings. The summed E-state index contributed by atoms with van der Waals surface area (Å²) in [6, 6.07) is 1.73. The van der Waals surface area contributed by atoms with Crippen LogP contribution in [0.4, 0.5) is 4.39 Å². The second-order valence-electron chi connectivity index (χ2n) is 3.04. The first-order valence-electron chi connectivity index (χ1n) is 4.75. The quantitative estimate of drug-likeness (QED) is 0.582. The molecule has 1 rings (SSSR count). The minimum absolute atomic E-state index is 0.135. The van der Waals surface area contributed by atoms with Crippen molar-refractivity contribution >= 4 is 11.6 Å². The zero-order valence-corrected chi connectivity index (χ0v) is 9.49. The summed E-state index contributed by atoms with van der Waals surface area (Å²) in [6.07, 6.45) is 8.44. The Kier molecular flexibility index (Phi) is 5.43. The average molecular weight is 239 g/mol. The highest BCUT2D eigenvalue weighted by Gasteiger charge is 2.00. The van der Waals surface area contributed by atoms with Gasteiger partial charge in [0.15, 0.2) is 0 Å². The van der Waals surface area contributed by atoms with Crippen LogP contribution >= 0.6 is 11.6 Å². The zero-order valence-electron chi connectivity index (χ0n) is 8.74. The highest BCUT2D eigenvalue weighted by Crippen LogP contribution is 2.10. The van der Waals surface area contributed by atoms with Crippen LogP contribution in [0, 0.1) is 0 Å². The first kappa shape index (κ1) is 12.6. The highest BCUT2D eigenvalue weighted by atomic mass is 35.5. The van der Waals surface area contributed by atoms with E-state index in [0.717, 1.165) is 5.57 Å². The Balaban J connectivity index is 2.81. The monoisotopic (exact) mass is 238 g/mol. The third kappa shape index (κ3) is 4.36. The van der Waals surface area contributed by atoms with E-state index in [9.17, 15) is 4.39 Å². The largest absolute Gasteiger partial charge is 0.241 e. The molecule has 0 aliphatic carbocycles. The molecule has 2 nitrogen and oxygen atoms in total. The van der Waals surface area contributed by atoms with E-state index >= 15 is 0 Å². The Morgan fingerprint density at radius 1 is 1.44 bits per heavy atom. The van der Waals surface area contributed by atoms with Crippen LogP contribution < -0.4 is 0 Å². The van der Waals surface area contributed by atoms with Crippen LogP contribution in [0.1, 0.15) is 5.82 Å². The van der Waals surface area contributed by atoms with Gasteiger partial charge in [0.1, 0.15) is 11.7 Å². The maximum Gasteiger partial charge on any atom is 0.132 e. The van der Waals surface area contributed by atoms with Crippen LogP contribution in [0.25, 0.3) is 0 Å². The van der Waals surface area contributed by atoms with E-state index in [0.29, 0.717) is 12.2 Å². The topological polar surface area (TPSA) is 25.8 Å². The van der Waals surface area contributed by atoms with Crippen molar-refractivity contribution in [2.75, 3.05) is 5.88 Å². The molecule has 16 heavy (non-hydrogen) atoms. The van der Waals surface area contributed by atoms with E-state index in [1.54, 1.807) is 30.6 Å². The summed E-state index contributed by atoms with van der Waals surface area (Å²) in [5, 5.41) is 0. The van der Waals surface area contributed by atoms with Gasteiger partial charge in [-0.2, -0.15) is 0 Å². The van der Waals surface area contributed by atoms with Gasteiger partial charge in [-0.25, -0.2) is 14.4 Å². The van der Waals surface area contributed by atoms with Crippen LogP contribution in [0.5, 0.6) is 0 Å². The molecular weight excluding hydrogens is 227 g/mol. The summed E-state index contributed by atoms with van der Waals surface area (Å²) in [6.45, 7) is 3.57. The fourth-order valence-corrected chi connectivity index (χ4v) is 1.23. The van der Waals surface area contributed by atoms with Crippen LogP contribution in [0.15, 0.2) is 54.7 Å². The number of hydrogen-bond donors (Lipinski definition) is 0. The maximum atomic E-state index is 13.0. The number of allylic oxidation sites excluding steroid dienone is 5. The average Bonchev–Trinajstić information content (AvgIpc) is 2.30. The summed E-state index contributed by atoms with van der Waals surface area (Å²) in [7, 11) is 0. The van der Waals surface area contributed by atoms with E-state index in [-0.39, 0.29) is 11.7 Å². The lowest BCUT2D eigenvalue weighted by Crippen LogP contribution is -1.95. The maximum absolute atomic E-state index is 13.0. The Labute approximate surface area is 99.2 Å². The van der Waals surface area contributed by atoms with Crippen LogP contribution in [0.3, 0.4) is 0 Å². The Morgan fingerprint density at radius 2 is 2.12 bits per heavy atom. The van der Waals surface area contributed by atoms with E-state index in [2.05, 4.69) is 16.5 Å². The molecule has 0 N–H and O–H groups in total. The van der Waals surface area contributed by atoms with Crippen LogP contribution in [-0.2, 0) is 6.42 Å². The molecule has 0 saturated carbocycles. The van der Waals surface area contributed by atoms with Crippen molar-refractivity contribution in [3.8, 4) is 0 Å². The van der Waals surface area contributed by atoms with Crippen molar-refractivity contribution in [1.82, 2.24) is 9.97 Å². The summed E-state index contributed by atoms with van der Waals surface area (Å²) in [4.78, 5) is 8.13. The molecule has 0 radical (unpaired) electrons. The molecule has 4 heteroatoms. The highest BCUT2D eigenvalue weighted by molar-refractivity contribution is 6.19. The first-order valence-corrected chi connectivity index (χ1v) is 5.29. The van der Waals surface area contributed by atoms with E-state index in [4.69, 9.17) is 11.6 Å². The number of halogens is 2. The van der Waals surface area contributed by atoms with E-state index in [1.807, 2.05) is 0 Å². The van der Waals surface area contributed by atoms with E-state index in [1.165, 1.54) is 6.08 Å². The molecule has 1 heterocycles. The SMILES string of the molecule is C=C/C=C(\C=C(\F)CCl)Cc1ncccn1. The van der Waals surface area contributed by atoms with Crippen molar-refractivity contribution in [2.24, 2.45) is 0 Å². The third-order valence-corrected chi connectivity index (χ3v) is 2.04. The molecular formula is C12H12ClFN2. The lowest BCUT2D eigenvalue weighted by molar-refractivity contribution is 0.641. The molecule has 0 spiro atoms. The minimum Gasteiger partial charge on any atom is -0.241 e. The van der Waals surface area contributed by atoms with Gasteiger partial charge in [0, 0.05) is 18.8 Å². The standard InChI is InChI=1S/C12H12ClFN2/c1-2-4-10(7-11(14)9-13)8-12-15-5-3-6-16-12/h2-7H,1,8-9H2/b10-4+,11-7+. The summed E-state index contributed by atoms with van der Waals surface area (Å²) in [5.41, 5.74) is 0.736. The van der Waals surface area contributed by atoms with Crippen molar-refractivity contribution in [3.63, 3.8) is 0 Å². The predicted octanol–water partition coefficient (Wildman–Crippen LogP) is 3.22. The molecule has 0 unspecified atom stereocenters. The smallest absolute Gasteiger partial charge is 0.132 e. The van der Waals surface area contributed by atoms with Gasteiger partial charge in [-0.1, -0.05) is 18.7 Å². The molecule has 0 amide bonds. The second-order valence-corrected chi connectivity index (χ2v) is 3.31. The number of alkyl halides is 1. The van der Waals surface area contributed by atoms with Gasteiger partial charge in [0.25, 0.3) is 0 Å². The van der Waals surface area contributed by atoms with Gasteiger partial charge in [-0.05, 0) is 17.7 Å². The van der Waals surface area contributed by atoms with Crippen LogP contribution in [0.2, 0.25) is 0 Å². The Hall–Kier alpha value is -1.48. The first-order chi connectivity index (χ1) is 7.76. The number of nitrogens with zero attached hydrogens (tertiary/aromatic N) is 2. The van der Waals surface area contributed by atoms with Crippen molar-refractivity contribution < 1.29 is 4.39 Å². The molecule has 1 aromatic heterocycles. The molecule has 0 aliphatic heterocycles. The third-order valence-electron chi connectivity index (χ3n) is 1.78. The van der Waals surface area contributed by atoms with Crippen molar-refractivity contribution in [2.45, 2.75) is 6.42 Å². The van der Waals surface area contributed by atoms with Gasteiger partial charge in [0.05, 0.1) is 5.88 Å². The molecule has 0 aromatic carbocycles. The lowest BCUT2D eigenvalue weighted by Gasteiger charge is -2.00. The predicted molar refractivity (Wildman–Crippen MR) is 63.9 cm³/mol. The minimum atomic E-state index is -0.384. The summed E-state index contributed by atoms with van der Waals surface area (Å²) < 4.78 is 13.0. The van der Waals surface area contributed by atoms with Gasteiger partial charge in [0.2, 0.25) is 0 Å². The fraction of sp³-hybridized carbons (Fsp3) is 0.167. The summed E-state index contributed by atoms with van der Waals surface area (Å²) >= 11 is 5.37. The number of hydrogen-bond acceptors (Lipinski definition) is 2. The lowest BCUT2D eigenvalue weighted by atomic mass is 10.1.